The van der Waals surface area contributed by atoms with Crippen LogP contribution in [0.5, 0.6) is 0 Å². The number of carbonyl (C=O) groups excluding carboxylic acids is 1. The summed E-state index contributed by atoms with van der Waals surface area (Å²) in [4.78, 5) is 16.4. The van der Waals surface area contributed by atoms with Crippen LogP contribution in [0.4, 0.5) is 5.69 Å². The van der Waals surface area contributed by atoms with Crippen LogP contribution in [0.2, 0.25) is 0 Å². The molecule has 0 spiro atoms. The number of hydrogen-bond acceptors (Lipinski definition) is 4. The predicted octanol–water partition coefficient (Wildman–Crippen LogP) is 2.54. The lowest BCUT2D eigenvalue weighted by Crippen LogP contribution is -2.34. The summed E-state index contributed by atoms with van der Waals surface area (Å²) in [6.45, 7) is 4.92. The molecule has 1 aliphatic rings. The first-order valence-electron chi connectivity index (χ1n) is 7.07. The van der Waals surface area contributed by atoms with Crippen LogP contribution >= 0.6 is 11.3 Å². The first kappa shape index (κ1) is 13.4. The minimum Gasteiger partial charge on any atom is -0.397 e. The molecule has 2 aromatic rings. The summed E-state index contributed by atoms with van der Waals surface area (Å²) < 4.78 is 1.81. The molecule has 0 saturated carbocycles. The van der Waals surface area contributed by atoms with Gasteiger partial charge in [0, 0.05) is 19.6 Å². The van der Waals surface area contributed by atoms with Gasteiger partial charge in [0.1, 0.15) is 9.71 Å². The van der Waals surface area contributed by atoms with E-state index in [1.165, 1.54) is 11.3 Å². The van der Waals surface area contributed by atoms with Crippen molar-refractivity contribution in [3.63, 3.8) is 0 Å². The number of fused-ring (bicyclic) bond motifs is 1. The number of carbonyl (C=O) groups is 1. The second kappa shape index (κ2) is 4.77. The Kier molecular flexibility index (Phi) is 3.20. The molecule has 1 aliphatic heterocycles. The predicted molar refractivity (Wildman–Crippen MR) is 82.1 cm³/mol. The van der Waals surface area contributed by atoms with Crippen LogP contribution in [0.25, 0.3) is 10.2 Å². The number of anilines is 1. The molecule has 3 rings (SSSR count). The highest BCUT2D eigenvalue weighted by molar-refractivity contribution is 7.21. The maximum atomic E-state index is 12.8. The second-order valence-corrected chi connectivity index (χ2v) is 6.44. The highest BCUT2D eigenvalue weighted by Crippen LogP contribution is 2.37. The minimum absolute atomic E-state index is 0.0902. The summed E-state index contributed by atoms with van der Waals surface area (Å²) >= 11 is 1.46. The molecule has 1 amide bonds. The Balaban J connectivity index is 2.04. The third-order valence-electron chi connectivity index (χ3n) is 4.19. The van der Waals surface area contributed by atoms with E-state index in [0.717, 1.165) is 41.7 Å². The van der Waals surface area contributed by atoms with Crippen molar-refractivity contribution < 1.29 is 4.79 Å². The Labute approximate surface area is 122 Å². The van der Waals surface area contributed by atoms with E-state index in [2.05, 4.69) is 12.0 Å². The third-order valence-corrected chi connectivity index (χ3v) is 5.45. The van der Waals surface area contributed by atoms with Gasteiger partial charge in [0.05, 0.1) is 16.8 Å². The molecule has 0 aliphatic carbocycles. The monoisotopic (exact) mass is 292 g/mol. The Morgan fingerprint density at radius 2 is 2.30 bits per heavy atom. The first-order valence-corrected chi connectivity index (χ1v) is 7.88. The molecule has 2 aromatic heterocycles. The molecule has 5 nitrogen and oxygen atoms in total. The van der Waals surface area contributed by atoms with E-state index in [4.69, 9.17) is 5.73 Å². The van der Waals surface area contributed by atoms with Crippen molar-refractivity contribution in [2.24, 2.45) is 7.05 Å². The Bertz CT molecular complexity index is 672. The van der Waals surface area contributed by atoms with Crippen LogP contribution in [0.3, 0.4) is 0 Å². The summed E-state index contributed by atoms with van der Waals surface area (Å²) in [5.41, 5.74) is 7.71. The topological polar surface area (TPSA) is 64.2 Å². The van der Waals surface area contributed by atoms with Crippen molar-refractivity contribution in [1.29, 1.82) is 0 Å². The molecule has 1 saturated heterocycles. The Hall–Kier alpha value is -1.56. The fraction of sp³-hybridized carbons (Fsp3) is 0.571. The first-order chi connectivity index (χ1) is 9.54. The minimum atomic E-state index is 0.0902. The molecule has 0 bridgehead atoms. The number of hydrogen-bond donors (Lipinski definition) is 1. The maximum Gasteiger partial charge on any atom is 0.266 e. The number of nitrogens with zero attached hydrogens (tertiary/aromatic N) is 3. The molecule has 1 fully saturated rings. The van der Waals surface area contributed by atoms with Gasteiger partial charge in [0.25, 0.3) is 5.91 Å². The number of aromatic nitrogens is 2. The van der Waals surface area contributed by atoms with Gasteiger partial charge in [-0.2, -0.15) is 5.10 Å². The van der Waals surface area contributed by atoms with Crippen molar-refractivity contribution in [3.05, 3.63) is 10.6 Å². The molecule has 1 unspecified atom stereocenters. The SMILES string of the molecule is CCC1CCCN1C(=O)c1sc2c(c(C)nn2C)c1N. The highest BCUT2D eigenvalue weighted by Gasteiger charge is 2.31. The Morgan fingerprint density at radius 1 is 1.55 bits per heavy atom. The van der Waals surface area contributed by atoms with E-state index < -0.39 is 0 Å². The van der Waals surface area contributed by atoms with Crippen LogP contribution in [-0.4, -0.2) is 33.2 Å². The van der Waals surface area contributed by atoms with E-state index in [-0.39, 0.29) is 5.91 Å². The number of aryl methyl sites for hydroxylation is 2. The van der Waals surface area contributed by atoms with E-state index in [0.29, 0.717) is 16.6 Å². The zero-order valence-electron chi connectivity index (χ0n) is 12.1. The number of rotatable bonds is 2. The van der Waals surface area contributed by atoms with Crippen LogP contribution in [0, 0.1) is 6.92 Å². The summed E-state index contributed by atoms with van der Waals surface area (Å²) in [6, 6.07) is 0.367. The highest BCUT2D eigenvalue weighted by atomic mass is 32.1. The Morgan fingerprint density at radius 3 is 2.95 bits per heavy atom. The fourth-order valence-corrected chi connectivity index (χ4v) is 4.29. The normalized spacial score (nSPS) is 19.1. The molecule has 0 radical (unpaired) electrons. The molecule has 3 heterocycles. The van der Waals surface area contributed by atoms with Crippen molar-refractivity contribution in [3.8, 4) is 0 Å². The lowest BCUT2D eigenvalue weighted by molar-refractivity contribution is 0.0739. The van der Waals surface area contributed by atoms with Crippen LogP contribution in [0.1, 0.15) is 41.6 Å². The van der Waals surface area contributed by atoms with E-state index in [1.54, 1.807) is 0 Å². The average Bonchev–Trinajstić information content (AvgIpc) is 3.07. The average molecular weight is 292 g/mol. The molecular weight excluding hydrogens is 272 g/mol. The summed E-state index contributed by atoms with van der Waals surface area (Å²) in [6.07, 6.45) is 3.21. The van der Waals surface area contributed by atoms with Crippen molar-refractivity contribution in [2.45, 2.75) is 39.2 Å². The fourth-order valence-electron chi connectivity index (χ4n) is 3.15. The van der Waals surface area contributed by atoms with Gasteiger partial charge in [0.15, 0.2) is 0 Å². The third kappa shape index (κ3) is 1.82. The smallest absolute Gasteiger partial charge is 0.266 e. The number of nitrogen functional groups attached to an aromatic ring is 1. The zero-order chi connectivity index (χ0) is 14.4. The molecule has 6 heteroatoms. The summed E-state index contributed by atoms with van der Waals surface area (Å²) in [7, 11) is 1.89. The van der Waals surface area contributed by atoms with E-state index in [9.17, 15) is 4.79 Å². The summed E-state index contributed by atoms with van der Waals surface area (Å²) in [5.74, 6) is 0.0902. The number of amides is 1. The van der Waals surface area contributed by atoms with Crippen LogP contribution in [0.15, 0.2) is 0 Å². The maximum absolute atomic E-state index is 12.8. The van der Waals surface area contributed by atoms with Gasteiger partial charge in [-0.3, -0.25) is 9.48 Å². The second-order valence-electron chi connectivity index (χ2n) is 5.44. The molecule has 108 valence electrons. The molecule has 20 heavy (non-hydrogen) atoms. The van der Waals surface area contributed by atoms with Gasteiger partial charge in [-0.25, -0.2) is 0 Å². The van der Waals surface area contributed by atoms with Crippen molar-refractivity contribution in [1.82, 2.24) is 14.7 Å². The number of nitrogens with two attached hydrogens (primary N) is 1. The zero-order valence-corrected chi connectivity index (χ0v) is 13.0. The van der Waals surface area contributed by atoms with Gasteiger partial charge in [-0.05, 0) is 26.2 Å². The van der Waals surface area contributed by atoms with E-state index in [1.807, 2.05) is 23.6 Å². The number of likely N-dealkylation sites (tertiary alicyclic amines) is 1. The quantitative estimate of drug-likeness (QED) is 0.925. The molecule has 0 aromatic carbocycles. The van der Waals surface area contributed by atoms with Crippen LogP contribution in [-0.2, 0) is 7.05 Å². The standard InChI is InChI=1S/C14H20N4OS/c1-4-9-6-5-7-18(9)13(19)12-11(15)10-8(2)16-17(3)14(10)20-12/h9H,4-7,15H2,1-3H3. The van der Waals surface area contributed by atoms with Crippen LogP contribution < -0.4 is 5.73 Å². The molecular formula is C14H20N4OS. The van der Waals surface area contributed by atoms with Gasteiger partial charge in [-0.15, -0.1) is 11.3 Å². The van der Waals surface area contributed by atoms with Gasteiger partial charge in [-0.1, -0.05) is 6.92 Å². The largest absolute Gasteiger partial charge is 0.397 e. The lowest BCUT2D eigenvalue weighted by Gasteiger charge is -2.23. The van der Waals surface area contributed by atoms with Crippen molar-refractivity contribution in [2.75, 3.05) is 12.3 Å². The lowest BCUT2D eigenvalue weighted by atomic mass is 10.1. The summed E-state index contributed by atoms with van der Waals surface area (Å²) in [5, 5.41) is 5.30. The molecule has 2 N–H and O–H groups in total. The van der Waals surface area contributed by atoms with Gasteiger partial charge >= 0.3 is 0 Å². The van der Waals surface area contributed by atoms with Gasteiger partial charge in [0.2, 0.25) is 0 Å². The van der Waals surface area contributed by atoms with E-state index >= 15 is 0 Å². The van der Waals surface area contributed by atoms with Gasteiger partial charge < -0.3 is 10.6 Å². The molecule has 1 atom stereocenters. The number of thiophene rings is 1. The van der Waals surface area contributed by atoms with Crippen molar-refractivity contribution >= 4 is 33.1 Å².